The maximum atomic E-state index is 12.7. The van der Waals surface area contributed by atoms with E-state index in [-0.39, 0.29) is 24.9 Å². The van der Waals surface area contributed by atoms with Gasteiger partial charge in [-0.25, -0.2) is 13.9 Å². The second-order valence-electron chi connectivity index (χ2n) is 8.68. The number of benzene rings is 2. The Kier molecular flexibility index (Phi) is 12.5. The first-order valence-electron chi connectivity index (χ1n) is 12.5. The quantitative estimate of drug-likeness (QED) is 0.182. The average molecular weight is 503 g/mol. The zero-order valence-corrected chi connectivity index (χ0v) is 22.1. The highest BCUT2D eigenvalue weighted by molar-refractivity contribution is 5.76. The van der Waals surface area contributed by atoms with E-state index >= 15 is 0 Å². The molecule has 0 amide bonds. The largest absolute Gasteiger partial charge is 1.00 e. The molecular weight excluding hydrogens is 464 g/mol. The fourth-order valence-corrected chi connectivity index (χ4v) is 4.26. The van der Waals surface area contributed by atoms with Gasteiger partial charge in [0.25, 0.3) is 5.82 Å². The van der Waals surface area contributed by atoms with Crippen LogP contribution in [0.25, 0.3) is 11.0 Å². The Hall–Kier alpha value is -2.73. The number of esters is 1. The fourth-order valence-electron chi connectivity index (χ4n) is 4.26. The second kappa shape index (κ2) is 15.3. The predicted molar refractivity (Wildman–Crippen MR) is 134 cm³/mol. The third-order valence-corrected chi connectivity index (χ3v) is 6.21. The minimum absolute atomic E-state index is 0. The number of aromatic nitrogens is 2. The first-order valence-corrected chi connectivity index (χ1v) is 12.5. The van der Waals surface area contributed by atoms with Gasteiger partial charge in [-0.1, -0.05) is 76.1 Å². The minimum Gasteiger partial charge on any atom is -1.00 e. The third-order valence-electron chi connectivity index (χ3n) is 6.21. The lowest BCUT2D eigenvalue weighted by molar-refractivity contribution is -0.655. The van der Waals surface area contributed by atoms with Crippen molar-refractivity contribution in [2.45, 2.75) is 71.4 Å². The van der Waals surface area contributed by atoms with Crippen molar-refractivity contribution in [3.05, 3.63) is 54.4 Å². The molecule has 0 N–H and O–H groups in total. The van der Waals surface area contributed by atoms with Crippen LogP contribution in [0.5, 0.6) is 11.5 Å². The Balaban J connectivity index is 0.00000432. The molecule has 0 fully saturated rings. The molecule has 0 aliphatic heterocycles. The molecule has 0 aliphatic rings. The number of carbonyl (C=O) groups is 1. The number of aryl methyl sites for hydroxylation is 1. The van der Waals surface area contributed by atoms with E-state index in [9.17, 15) is 4.79 Å². The van der Waals surface area contributed by atoms with E-state index in [2.05, 4.69) is 11.5 Å². The number of methoxy groups -OCH3 is 1. The number of nitrogens with zero attached hydrogens (tertiary/aromatic N) is 2. The van der Waals surface area contributed by atoms with E-state index in [1.54, 1.807) is 7.11 Å². The molecule has 0 unspecified atom stereocenters. The summed E-state index contributed by atoms with van der Waals surface area (Å²) in [6.45, 7) is 3.17. The van der Waals surface area contributed by atoms with Crippen LogP contribution in [0, 0.1) is 0 Å². The number of halogens is 1. The van der Waals surface area contributed by atoms with Crippen LogP contribution in [0.1, 0.15) is 64.1 Å². The number of rotatable bonds is 15. The van der Waals surface area contributed by atoms with Gasteiger partial charge in [0.2, 0.25) is 0 Å². The lowest BCUT2D eigenvalue weighted by Gasteiger charge is -2.10. The van der Waals surface area contributed by atoms with Gasteiger partial charge in [-0.3, -0.25) is 0 Å². The highest BCUT2D eigenvalue weighted by Gasteiger charge is 2.25. The Morgan fingerprint density at radius 1 is 0.886 bits per heavy atom. The van der Waals surface area contributed by atoms with Gasteiger partial charge in [0.1, 0.15) is 0 Å². The molecule has 0 saturated heterocycles. The maximum absolute atomic E-state index is 12.7. The number of carbonyl (C=O) groups excluding carboxylic acids is 1. The summed E-state index contributed by atoms with van der Waals surface area (Å²) in [6.07, 6.45) is 9.76. The molecule has 0 aliphatic carbocycles. The fraction of sp³-hybridized carbons (Fsp3) is 0.500. The van der Waals surface area contributed by atoms with Crippen molar-refractivity contribution in [2.24, 2.45) is 7.05 Å². The Labute approximate surface area is 215 Å². The van der Waals surface area contributed by atoms with Gasteiger partial charge < -0.3 is 26.6 Å². The molecule has 0 radical (unpaired) electrons. The molecule has 3 aromatic rings. The molecule has 0 saturated carbocycles. The molecule has 6 nitrogen and oxygen atoms in total. The van der Waals surface area contributed by atoms with Gasteiger partial charge in [-0.05, 0) is 30.7 Å². The van der Waals surface area contributed by atoms with Crippen LogP contribution >= 0.6 is 0 Å². The van der Waals surface area contributed by atoms with Crippen LogP contribution < -0.4 is 26.4 Å². The first kappa shape index (κ1) is 28.5. The molecule has 192 valence electrons. The van der Waals surface area contributed by atoms with Crippen LogP contribution in [0.4, 0.5) is 0 Å². The van der Waals surface area contributed by atoms with Crippen LogP contribution in [-0.4, -0.2) is 24.3 Å². The van der Waals surface area contributed by atoms with Crippen molar-refractivity contribution < 1.29 is 36.0 Å². The second-order valence-corrected chi connectivity index (χ2v) is 8.68. The van der Waals surface area contributed by atoms with E-state index in [0.29, 0.717) is 24.7 Å². The van der Waals surface area contributed by atoms with Crippen molar-refractivity contribution in [3.63, 3.8) is 0 Å². The van der Waals surface area contributed by atoms with E-state index < -0.39 is 0 Å². The Morgan fingerprint density at radius 2 is 1.51 bits per heavy atom. The van der Waals surface area contributed by atoms with Crippen LogP contribution in [-0.2, 0) is 29.7 Å². The average Bonchev–Trinajstić information content (AvgIpc) is 3.12. The maximum Gasteiger partial charge on any atom is 0.348 e. The summed E-state index contributed by atoms with van der Waals surface area (Å²) in [5.74, 6) is 2.01. The minimum atomic E-state index is -0.220. The van der Waals surface area contributed by atoms with E-state index in [4.69, 9.17) is 14.2 Å². The van der Waals surface area contributed by atoms with Crippen LogP contribution in [0.3, 0.4) is 0 Å². The number of imidazole rings is 1. The van der Waals surface area contributed by atoms with Crippen molar-refractivity contribution in [3.8, 4) is 11.5 Å². The summed E-state index contributed by atoms with van der Waals surface area (Å²) in [7, 11) is 3.62. The predicted octanol–water partition coefficient (Wildman–Crippen LogP) is 2.74. The van der Waals surface area contributed by atoms with E-state index in [1.807, 2.05) is 60.1 Å². The molecule has 1 heterocycles. The highest BCUT2D eigenvalue weighted by Crippen LogP contribution is 2.27. The topological polar surface area (TPSA) is 53.6 Å². The summed E-state index contributed by atoms with van der Waals surface area (Å²) in [5, 5.41) is 0. The van der Waals surface area contributed by atoms with Crippen LogP contribution in [0.2, 0.25) is 0 Å². The van der Waals surface area contributed by atoms with Crippen molar-refractivity contribution in [1.29, 1.82) is 0 Å². The van der Waals surface area contributed by atoms with Gasteiger partial charge in [0, 0.05) is 0 Å². The van der Waals surface area contributed by atoms with Gasteiger partial charge in [0.15, 0.2) is 35.7 Å². The van der Waals surface area contributed by atoms with Gasteiger partial charge >= 0.3 is 5.97 Å². The van der Waals surface area contributed by atoms with Crippen molar-refractivity contribution >= 4 is 17.0 Å². The number of ether oxygens (including phenoxy) is 3. The lowest BCUT2D eigenvalue weighted by atomic mass is 10.1. The van der Waals surface area contributed by atoms with E-state index in [0.717, 1.165) is 29.7 Å². The standard InChI is InChI=1S/C28H39N2O4.ClH/c1-4-5-6-7-8-9-10-15-20-33-28(31)21-30-24-17-12-11-16-23(24)29(2)27(30)22-34-26-19-14-13-18-25(26)32-3;/h11-14,16-19H,4-10,15,20-22H2,1-3H3;1H/q+1;/p-1. The third kappa shape index (κ3) is 8.17. The summed E-state index contributed by atoms with van der Waals surface area (Å²) in [5.41, 5.74) is 2.02. The van der Waals surface area contributed by atoms with E-state index in [1.165, 1.54) is 38.5 Å². The monoisotopic (exact) mass is 502 g/mol. The van der Waals surface area contributed by atoms with Gasteiger partial charge in [-0.15, -0.1) is 0 Å². The van der Waals surface area contributed by atoms with Gasteiger partial charge in [0.05, 0.1) is 20.8 Å². The first-order chi connectivity index (χ1) is 16.7. The number of hydrogen-bond donors (Lipinski definition) is 0. The molecule has 0 spiro atoms. The summed E-state index contributed by atoms with van der Waals surface area (Å²) in [4.78, 5) is 12.7. The molecular formula is C28H39ClN2O4. The summed E-state index contributed by atoms with van der Waals surface area (Å²) >= 11 is 0. The zero-order valence-electron chi connectivity index (χ0n) is 21.3. The van der Waals surface area contributed by atoms with Crippen molar-refractivity contribution in [1.82, 2.24) is 4.57 Å². The molecule has 2 aromatic carbocycles. The van der Waals surface area contributed by atoms with Crippen LogP contribution in [0.15, 0.2) is 48.5 Å². The molecule has 35 heavy (non-hydrogen) atoms. The lowest BCUT2D eigenvalue weighted by Crippen LogP contribution is -3.00. The van der Waals surface area contributed by atoms with Gasteiger partial charge in [-0.2, -0.15) is 0 Å². The molecule has 3 rings (SSSR count). The smallest absolute Gasteiger partial charge is 0.348 e. The number of fused-ring (bicyclic) bond motifs is 1. The summed E-state index contributed by atoms with van der Waals surface area (Å²) < 4.78 is 21.1. The molecule has 1 aromatic heterocycles. The number of hydrogen-bond acceptors (Lipinski definition) is 4. The molecule has 0 bridgehead atoms. The molecule has 7 heteroatoms. The zero-order chi connectivity index (χ0) is 24.2. The number of unbranched alkanes of at least 4 members (excludes halogenated alkanes) is 7. The normalized spacial score (nSPS) is 10.7. The summed E-state index contributed by atoms with van der Waals surface area (Å²) in [6, 6.07) is 15.6. The van der Waals surface area contributed by atoms with Crippen molar-refractivity contribution in [2.75, 3.05) is 13.7 Å². The SMILES string of the molecule is CCCCCCCCCCOC(=O)Cn1c(COc2ccccc2OC)[n+](C)c2ccccc21.[Cl-]. The Morgan fingerprint density at radius 3 is 2.23 bits per heavy atom. The highest BCUT2D eigenvalue weighted by atomic mass is 35.5. The molecule has 0 atom stereocenters. The Bertz CT molecular complexity index is 1050. The number of para-hydroxylation sites is 4.